The number of carbonyl (C=O) groups is 1. The molecule has 7 heteroatoms. The molecule has 0 bridgehead atoms. The summed E-state index contributed by atoms with van der Waals surface area (Å²) in [6.45, 7) is 1.90. The van der Waals surface area contributed by atoms with Crippen molar-refractivity contribution >= 4 is 11.6 Å². The molecular weight excluding hydrogens is 234 g/mol. The highest BCUT2D eigenvalue weighted by atomic mass is 16.5. The monoisotopic (exact) mass is 247 g/mol. The van der Waals surface area contributed by atoms with Gasteiger partial charge in [-0.1, -0.05) is 5.16 Å². The number of nitrogens with zero attached hydrogens (tertiary/aromatic N) is 3. The minimum absolute atomic E-state index is 0.190. The van der Waals surface area contributed by atoms with E-state index in [-0.39, 0.29) is 12.5 Å². The number of amides is 1. The lowest BCUT2D eigenvalue weighted by Crippen LogP contribution is -2.23. The Hall–Kier alpha value is -2.44. The minimum atomic E-state index is -0.284. The fraction of sp³-hybridized carbons (Fsp3) is 0.273. The summed E-state index contributed by atoms with van der Waals surface area (Å²) in [5.41, 5.74) is 1.18. The summed E-state index contributed by atoms with van der Waals surface area (Å²) in [4.78, 5) is 19.7. The number of hydrogen-bond donors (Lipinski definition) is 2. The Labute approximate surface area is 104 Å². The van der Waals surface area contributed by atoms with Crippen LogP contribution in [0.1, 0.15) is 22.2 Å². The van der Waals surface area contributed by atoms with E-state index in [9.17, 15) is 4.79 Å². The average Bonchev–Trinajstić information content (AvgIpc) is 2.82. The molecular formula is C11H13N5O2. The SMILES string of the molecule is CNc1ccc(C(=O)NCc2nc(C)no2)nc1. The van der Waals surface area contributed by atoms with Crippen LogP contribution in [0, 0.1) is 6.92 Å². The van der Waals surface area contributed by atoms with Crippen molar-refractivity contribution in [2.24, 2.45) is 0 Å². The third-order valence-electron chi connectivity index (χ3n) is 2.25. The first-order valence-corrected chi connectivity index (χ1v) is 5.40. The van der Waals surface area contributed by atoms with Crippen LogP contribution < -0.4 is 10.6 Å². The van der Waals surface area contributed by atoms with Crippen molar-refractivity contribution in [2.75, 3.05) is 12.4 Å². The predicted molar refractivity (Wildman–Crippen MR) is 64.0 cm³/mol. The summed E-state index contributed by atoms with van der Waals surface area (Å²) in [5.74, 6) is 0.622. The maximum Gasteiger partial charge on any atom is 0.270 e. The first kappa shape index (κ1) is 12.0. The Morgan fingerprint density at radius 1 is 1.44 bits per heavy atom. The largest absolute Gasteiger partial charge is 0.387 e. The van der Waals surface area contributed by atoms with Gasteiger partial charge < -0.3 is 15.2 Å². The molecule has 94 valence electrons. The molecule has 7 nitrogen and oxygen atoms in total. The topological polar surface area (TPSA) is 92.9 Å². The van der Waals surface area contributed by atoms with Gasteiger partial charge in [-0.3, -0.25) is 4.79 Å². The van der Waals surface area contributed by atoms with E-state index in [0.717, 1.165) is 5.69 Å². The molecule has 2 rings (SSSR count). The third kappa shape index (κ3) is 2.82. The van der Waals surface area contributed by atoms with Gasteiger partial charge in [0.1, 0.15) is 5.69 Å². The Balaban J connectivity index is 1.94. The van der Waals surface area contributed by atoms with Crippen LogP contribution in [0.25, 0.3) is 0 Å². The molecule has 1 amide bonds. The number of rotatable bonds is 4. The summed E-state index contributed by atoms with van der Waals surface area (Å²) in [7, 11) is 1.79. The van der Waals surface area contributed by atoms with E-state index in [1.807, 2.05) is 0 Å². The van der Waals surface area contributed by atoms with Crippen LogP contribution in [0.15, 0.2) is 22.9 Å². The van der Waals surface area contributed by atoms with E-state index in [2.05, 4.69) is 25.8 Å². The summed E-state index contributed by atoms with van der Waals surface area (Å²) >= 11 is 0. The molecule has 0 spiro atoms. The van der Waals surface area contributed by atoms with Gasteiger partial charge in [0, 0.05) is 7.05 Å². The van der Waals surface area contributed by atoms with Gasteiger partial charge >= 0.3 is 0 Å². The molecule has 18 heavy (non-hydrogen) atoms. The lowest BCUT2D eigenvalue weighted by atomic mass is 10.3. The molecule has 0 aliphatic heterocycles. The van der Waals surface area contributed by atoms with Crippen LogP contribution in [0.5, 0.6) is 0 Å². The number of carbonyl (C=O) groups excluding carboxylic acids is 1. The van der Waals surface area contributed by atoms with E-state index in [1.54, 1.807) is 32.3 Å². The zero-order valence-corrected chi connectivity index (χ0v) is 10.1. The van der Waals surface area contributed by atoms with Crippen LogP contribution in [-0.4, -0.2) is 28.1 Å². The molecule has 0 aliphatic rings. The minimum Gasteiger partial charge on any atom is -0.387 e. The van der Waals surface area contributed by atoms with Crippen LogP contribution >= 0.6 is 0 Å². The van der Waals surface area contributed by atoms with Gasteiger partial charge in [0.05, 0.1) is 18.4 Å². The maximum absolute atomic E-state index is 11.7. The van der Waals surface area contributed by atoms with Gasteiger partial charge in [-0.25, -0.2) is 4.98 Å². The van der Waals surface area contributed by atoms with Gasteiger partial charge in [-0.15, -0.1) is 0 Å². The summed E-state index contributed by atoms with van der Waals surface area (Å²) in [6.07, 6.45) is 1.59. The fourth-order valence-corrected chi connectivity index (χ4v) is 1.33. The molecule has 0 saturated heterocycles. The number of nitrogens with one attached hydrogen (secondary N) is 2. The van der Waals surface area contributed by atoms with Crippen molar-refractivity contribution in [2.45, 2.75) is 13.5 Å². The van der Waals surface area contributed by atoms with Crippen LogP contribution in [-0.2, 0) is 6.54 Å². The van der Waals surface area contributed by atoms with E-state index in [1.165, 1.54) is 0 Å². The Morgan fingerprint density at radius 2 is 2.28 bits per heavy atom. The summed E-state index contributed by atoms with van der Waals surface area (Å²) in [6, 6.07) is 3.42. The third-order valence-corrected chi connectivity index (χ3v) is 2.25. The van der Waals surface area contributed by atoms with Crippen LogP contribution in [0.2, 0.25) is 0 Å². The van der Waals surface area contributed by atoms with Crippen LogP contribution in [0.3, 0.4) is 0 Å². The van der Waals surface area contributed by atoms with E-state index in [4.69, 9.17) is 4.52 Å². The molecule has 2 aromatic heterocycles. The lowest BCUT2D eigenvalue weighted by molar-refractivity contribution is 0.0941. The van der Waals surface area contributed by atoms with Crippen molar-refractivity contribution in [1.29, 1.82) is 0 Å². The van der Waals surface area contributed by atoms with Gasteiger partial charge in [0.15, 0.2) is 5.82 Å². The molecule has 2 N–H and O–H groups in total. The number of anilines is 1. The molecule has 0 aromatic carbocycles. The van der Waals surface area contributed by atoms with E-state index in [0.29, 0.717) is 17.4 Å². The maximum atomic E-state index is 11.7. The number of aromatic nitrogens is 3. The highest BCUT2D eigenvalue weighted by Crippen LogP contribution is 2.05. The zero-order valence-electron chi connectivity index (χ0n) is 10.1. The predicted octanol–water partition coefficient (Wildman–Crippen LogP) is 0.745. The second-order valence-electron chi connectivity index (χ2n) is 3.60. The number of pyridine rings is 1. The van der Waals surface area contributed by atoms with Gasteiger partial charge in [0.2, 0.25) is 5.89 Å². The molecule has 0 saturated carbocycles. The van der Waals surface area contributed by atoms with Crippen molar-refractivity contribution in [3.8, 4) is 0 Å². The first-order chi connectivity index (χ1) is 8.69. The van der Waals surface area contributed by atoms with Gasteiger partial charge in [-0.2, -0.15) is 4.98 Å². The second-order valence-corrected chi connectivity index (χ2v) is 3.60. The molecule has 0 aliphatic carbocycles. The zero-order chi connectivity index (χ0) is 13.0. The smallest absolute Gasteiger partial charge is 0.270 e. The molecule has 0 fully saturated rings. The fourth-order valence-electron chi connectivity index (χ4n) is 1.33. The summed E-state index contributed by atoms with van der Waals surface area (Å²) < 4.78 is 4.88. The molecule has 0 atom stereocenters. The summed E-state index contributed by atoms with van der Waals surface area (Å²) in [5, 5.41) is 9.20. The molecule has 0 unspecified atom stereocenters. The van der Waals surface area contributed by atoms with Crippen LogP contribution in [0.4, 0.5) is 5.69 Å². The second kappa shape index (κ2) is 5.26. The van der Waals surface area contributed by atoms with Crippen molar-refractivity contribution < 1.29 is 9.32 Å². The highest BCUT2D eigenvalue weighted by molar-refractivity contribution is 5.92. The molecule has 0 radical (unpaired) electrons. The number of aryl methyl sites for hydroxylation is 1. The van der Waals surface area contributed by atoms with Crippen molar-refractivity contribution in [1.82, 2.24) is 20.4 Å². The standard InChI is InChI=1S/C11H13N5O2/c1-7-15-10(18-16-7)6-14-11(17)9-4-3-8(12-2)5-13-9/h3-5,12H,6H2,1-2H3,(H,14,17). The molecule has 2 aromatic rings. The average molecular weight is 247 g/mol. The Morgan fingerprint density at radius 3 is 2.83 bits per heavy atom. The van der Waals surface area contributed by atoms with Crippen molar-refractivity contribution in [3.05, 3.63) is 35.7 Å². The normalized spacial score (nSPS) is 10.1. The van der Waals surface area contributed by atoms with E-state index >= 15 is 0 Å². The van der Waals surface area contributed by atoms with Gasteiger partial charge in [0.25, 0.3) is 5.91 Å². The molecule has 2 heterocycles. The lowest BCUT2D eigenvalue weighted by Gasteiger charge is -2.03. The van der Waals surface area contributed by atoms with E-state index < -0.39 is 0 Å². The number of hydrogen-bond acceptors (Lipinski definition) is 6. The van der Waals surface area contributed by atoms with Gasteiger partial charge in [-0.05, 0) is 19.1 Å². The van der Waals surface area contributed by atoms with Crippen molar-refractivity contribution in [3.63, 3.8) is 0 Å². The Kier molecular flexibility index (Phi) is 3.52. The first-order valence-electron chi connectivity index (χ1n) is 5.40. The Bertz CT molecular complexity index is 535. The highest BCUT2D eigenvalue weighted by Gasteiger charge is 2.09. The quantitative estimate of drug-likeness (QED) is 0.828.